The monoisotopic (exact) mass is 384 g/mol. The minimum Gasteiger partial charge on any atom is -0.467 e. The van der Waals surface area contributed by atoms with Crippen LogP contribution in [-0.2, 0) is 17.8 Å². The summed E-state index contributed by atoms with van der Waals surface area (Å²) < 4.78 is 24.3. The van der Waals surface area contributed by atoms with Gasteiger partial charge in [-0.2, -0.15) is 0 Å². The molecule has 1 aliphatic heterocycles. The molecule has 0 unspecified atom stereocenters. The van der Waals surface area contributed by atoms with E-state index in [1.807, 2.05) is 0 Å². The largest absolute Gasteiger partial charge is 0.467 e. The number of amides is 2. The molecule has 25 heavy (non-hydrogen) atoms. The van der Waals surface area contributed by atoms with E-state index in [9.17, 15) is 9.18 Å². The Morgan fingerprint density at radius 2 is 2.12 bits per heavy atom. The summed E-state index contributed by atoms with van der Waals surface area (Å²) >= 11 is 11.9. The highest BCUT2D eigenvalue weighted by Gasteiger charge is 2.17. The van der Waals surface area contributed by atoms with Crippen molar-refractivity contribution in [2.75, 3.05) is 18.7 Å². The zero-order valence-electron chi connectivity index (χ0n) is 13.1. The van der Waals surface area contributed by atoms with Crippen molar-refractivity contribution in [2.24, 2.45) is 0 Å². The quantitative estimate of drug-likeness (QED) is 0.822. The number of hydrogen-bond donors (Lipinski definition) is 2. The van der Waals surface area contributed by atoms with Crippen LogP contribution in [0.3, 0.4) is 0 Å². The maximum Gasteiger partial charge on any atom is 0.319 e. The van der Waals surface area contributed by atoms with Crippen molar-refractivity contribution < 1.29 is 18.7 Å². The number of carbonyl (C=O) groups excluding carboxylic acids is 1. The van der Waals surface area contributed by atoms with Crippen LogP contribution in [0.25, 0.3) is 0 Å². The van der Waals surface area contributed by atoms with E-state index >= 15 is 0 Å². The van der Waals surface area contributed by atoms with Crippen LogP contribution in [-0.4, -0.2) is 19.4 Å². The number of carbonyl (C=O) groups is 1. The Hall–Kier alpha value is -2.02. The van der Waals surface area contributed by atoms with Crippen molar-refractivity contribution in [1.29, 1.82) is 0 Å². The molecule has 5 nitrogen and oxygen atoms in total. The summed E-state index contributed by atoms with van der Waals surface area (Å²) in [5.74, 6) is 0.255. The molecule has 3 rings (SSSR count). The lowest BCUT2D eigenvalue weighted by Gasteiger charge is -2.21. The number of anilines is 1. The van der Waals surface area contributed by atoms with E-state index in [0.717, 1.165) is 0 Å². The predicted molar refractivity (Wildman–Crippen MR) is 93.9 cm³/mol. The average molecular weight is 385 g/mol. The zero-order chi connectivity index (χ0) is 17.8. The van der Waals surface area contributed by atoms with Gasteiger partial charge in [0, 0.05) is 12.1 Å². The summed E-state index contributed by atoms with van der Waals surface area (Å²) in [6.45, 7) is 0.734. The van der Waals surface area contributed by atoms with Gasteiger partial charge in [0.15, 0.2) is 6.79 Å². The summed E-state index contributed by atoms with van der Waals surface area (Å²) in [4.78, 5) is 12.0. The molecule has 2 N–H and O–H groups in total. The minimum atomic E-state index is -0.432. The first-order valence-electron chi connectivity index (χ1n) is 7.55. The van der Waals surface area contributed by atoms with E-state index in [4.69, 9.17) is 32.7 Å². The van der Waals surface area contributed by atoms with Crippen LogP contribution in [0.2, 0.25) is 10.0 Å². The van der Waals surface area contributed by atoms with Crippen LogP contribution in [0, 0.1) is 5.82 Å². The number of ether oxygens (including phenoxy) is 2. The number of urea groups is 1. The molecule has 0 atom stereocenters. The first-order chi connectivity index (χ1) is 12.0. The van der Waals surface area contributed by atoms with Gasteiger partial charge in [-0.1, -0.05) is 29.3 Å². The van der Waals surface area contributed by atoms with Gasteiger partial charge in [-0.25, -0.2) is 9.18 Å². The van der Waals surface area contributed by atoms with Gasteiger partial charge in [-0.05, 0) is 36.2 Å². The molecule has 0 saturated heterocycles. The predicted octanol–water partition coefficient (Wildman–Crippen LogP) is 4.36. The Morgan fingerprint density at radius 1 is 1.28 bits per heavy atom. The van der Waals surface area contributed by atoms with E-state index in [0.29, 0.717) is 47.2 Å². The van der Waals surface area contributed by atoms with Gasteiger partial charge in [0.2, 0.25) is 0 Å². The number of benzene rings is 2. The summed E-state index contributed by atoms with van der Waals surface area (Å²) in [7, 11) is 0. The first-order valence-corrected chi connectivity index (χ1v) is 8.31. The van der Waals surface area contributed by atoms with E-state index in [1.54, 1.807) is 18.2 Å². The molecule has 2 aromatic rings. The third-order valence-electron chi connectivity index (χ3n) is 3.63. The number of rotatable bonds is 4. The van der Waals surface area contributed by atoms with Gasteiger partial charge >= 0.3 is 6.03 Å². The fraction of sp³-hybridized carbons (Fsp3) is 0.235. The fourth-order valence-corrected chi connectivity index (χ4v) is 2.87. The molecule has 8 heteroatoms. The summed E-state index contributed by atoms with van der Waals surface area (Å²) in [6.07, 6.45) is 0.413. The number of halogens is 3. The van der Waals surface area contributed by atoms with Gasteiger partial charge in [-0.3, -0.25) is 0 Å². The lowest BCUT2D eigenvalue weighted by atomic mass is 10.1. The third kappa shape index (κ3) is 4.34. The highest BCUT2D eigenvalue weighted by molar-refractivity contribution is 6.43. The number of fused-ring (bicyclic) bond motifs is 1. The zero-order valence-corrected chi connectivity index (χ0v) is 14.6. The van der Waals surface area contributed by atoms with Gasteiger partial charge in [0.25, 0.3) is 0 Å². The Balaban J connectivity index is 1.59. The molecule has 0 radical (unpaired) electrons. The lowest BCUT2D eigenvalue weighted by molar-refractivity contribution is -0.0172. The first kappa shape index (κ1) is 17.8. The van der Waals surface area contributed by atoms with E-state index < -0.39 is 6.03 Å². The van der Waals surface area contributed by atoms with Crippen molar-refractivity contribution in [2.45, 2.75) is 13.0 Å². The molecule has 0 bridgehead atoms. The van der Waals surface area contributed by atoms with Crippen LogP contribution >= 0.6 is 23.2 Å². The Labute approximate surface area is 154 Å². The second kappa shape index (κ2) is 7.91. The van der Waals surface area contributed by atoms with Crippen LogP contribution in [0.15, 0.2) is 30.3 Å². The Morgan fingerprint density at radius 3 is 2.96 bits per heavy atom. The molecule has 2 aromatic carbocycles. The van der Waals surface area contributed by atoms with Crippen molar-refractivity contribution in [3.05, 3.63) is 57.3 Å². The van der Waals surface area contributed by atoms with Gasteiger partial charge in [0.05, 0.1) is 22.3 Å². The SMILES string of the molecule is O=C(NCCc1cc(F)cc2c1OCOC2)Nc1cccc(Cl)c1Cl. The maximum absolute atomic E-state index is 13.7. The van der Waals surface area contributed by atoms with Crippen LogP contribution < -0.4 is 15.4 Å². The highest BCUT2D eigenvalue weighted by Crippen LogP contribution is 2.30. The van der Waals surface area contributed by atoms with Crippen molar-refractivity contribution in [1.82, 2.24) is 5.32 Å². The van der Waals surface area contributed by atoms with Gasteiger partial charge in [-0.15, -0.1) is 0 Å². The smallest absolute Gasteiger partial charge is 0.319 e. The lowest BCUT2D eigenvalue weighted by Crippen LogP contribution is -2.30. The summed E-state index contributed by atoms with van der Waals surface area (Å²) in [6, 6.07) is 7.31. The van der Waals surface area contributed by atoms with Crippen molar-refractivity contribution >= 4 is 34.9 Å². The molecule has 0 fully saturated rings. The normalized spacial score (nSPS) is 12.9. The maximum atomic E-state index is 13.7. The van der Waals surface area contributed by atoms with E-state index in [2.05, 4.69) is 10.6 Å². The van der Waals surface area contributed by atoms with E-state index in [1.165, 1.54) is 12.1 Å². The molecule has 1 heterocycles. The second-order valence-corrected chi connectivity index (χ2v) is 6.18. The summed E-state index contributed by atoms with van der Waals surface area (Å²) in [5, 5.41) is 5.93. The van der Waals surface area contributed by atoms with Crippen molar-refractivity contribution in [3.63, 3.8) is 0 Å². The molecule has 132 valence electrons. The molecular weight excluding hydrogens is 370 g/mol. The molecular formula is C17H15Cl2FN2O3. The Kier molecular flexibility index (Phi) is 5.63. The molecule has 0 aromatic heterocycles. The highest BCUT2D eigenvalue weighted by atomic mass is 35.5. The molecule has 2 amide bonds. The summed E-state index contributed by atoms with van der Waals surface area (Å²) in [5.41, 5.74) is 1.76. The number of hydrogen-bond acceptors (Lipinski definition) is 3. The van der Waals surface area contributed by atoms with Crippen molar-refractivity contribution in [3.8, 4) is 5.75 Å². The number of nitrogens with one attached hydrogen (secondary N) is 2. The topological polar surface area (TPSA) is 59.6 Å². The minimum absolute atomic E-state index is 0.132. The van der Waals surface area contributed by atoms with Crippen LogP contribution in [0.5, 0.6) is 5.75 Å². The Bertz CT molecular complexity index is 802. The fourth-order valence-electron chi connectivity index (χ4n) is 2.52. The van der Waals surface area contributed by atoms with Gasteiger partial charge < -0.3 is 20.1 Å². The molecule has 0 saturated carbocycles. The molecule has 0 spiro atoms. The average Bonchev–Trinajstić information content (AvgIpc) is 2.59. The standard InChI is InChI=1S/C17H15Cl2FN2O3/c18-13-2-1-3-14(15(13)19)22-17(23)21-5-4-10-6-12(20)7-11-8-24-9-25-16(10)11/h1-3,6-7H,4-5,8-9H2,(H2,21,22,23). The van der Waals surface area contributed by atoms with Crippen LogP contribution in [0.1, 0.15) is 11.1 Å². The second-order valence-electron chi connectivity index (χ2n) is 5.40. The van der Waals surface area contributed by atoms with Gasteiger partial charge in [0.1, 0.15) is 11.6 Å². The molecule has 0 aliphatic carbocycles. The van der Waals surface area contributed by atoms with E-state index in [-0.39, 0.29) is 17.6 Å². The van der Waals surface area contributed by atoms with Crippen LogP contribution in [0.4, 0.5) is 14.9 Å². The molecule has 1 aliphatic rings. The third-order valence-corrected chi connectivity index (χ3v) is 4.45.